The Morgan fingerprint density at radius 3 is 2.80 bits per heavy atom. The van der Waals surface area contributed by atoms with Gasteiger partial charge in [0.25, 0.3) is 0 Å². The maximum atomic E-state index is 14.2. The van der Waals surface area contributed by atoms with Gasteiger partial charge in [-0.1, -0.05) is 0 Å². The predicted octanol–water partition coefficient (Wildman–Crippen LogP) is 1.66. The van der Waals surface area contributed by atoms with Gasteiger partial charge in [-0.05, 0) is 25.1 Å². The van der Waals surface area contributed by atoms with Crippen LogP contribution in [0.25, 0.3) is 16.9 Å². The van der Waals surface area contributed by atoms with E-state index >= 15 is 0 Å². The van der Waals surface area contributed by atoms with Crippen LogP contribution in [0.4, 0.5) is 10.3 Å². The van der Waals surface area contributed by atoms with E-state index in [4.69, 9.17) is 11.0 Å². The van der Waals surface area contributed by atoms with E-state index in [0.29, 0.717) is 11.2 Å². The van der Waals surface area contributed by atoms with E-state index in [1.54, 1.807) is 11.7 Å². The van der Waals surface area contributed by atoms with Crippen molar-refractivity contribution in [2.75, 3.05) is 5.73 Å². The first-order chi connectivity index (χ1) is 9.52. The minimum absolute atomic E-state index is 0.180. The molecule has 0 aliphatic heterocycles. The van der Waals surface area contributed by atoms with Crippen molar-refractivity contribution in [3.63, 3.8) is 0 Å². The number of hydrogen-bond acceptors (Lipinski definition) is 4. The van der Waals surface area contributed by atoms with E-state index in [2.05, 4.69) is 10.1 Å². The van der Waals surface area contributed by atoms with Crippen molar-refractivity contribution >= 4 is 17.1 Å². The Labute approximate surface area is 113 Å². The normalized spacial score (nSPS) is 10.9. The fourth-order valence-electron chi connectivity index (χ4n) is 2.28. The second-order valence-corrected chi connectivity index (χ2v) is 4.46. The number of rotatable bonds is 1. The fraction of sp³-hybridized carbons (Fsp3) is 0.154. The van der Waals surface area contributed by atoms with E-state index in [-0.39, 0.29) is 17.2 Å². The molecule has 0 bridgehead atoms. The zero-order valence-electron chi connectivity index (χ0n) is 10.9. The average molecular weight is 270 g/mol. The molecule has 3 rings (SSSR count). The molecule has 0 fully saturated rings. The van der Waals surface area contributed by atoms with Crippen LogP contribution in [-0.4, -0.2) is 19.3 Å². The van der Waals surface area contributed by atoms with Crippen LogP contribution in [0.1, 0.15) is 11.3 Å². The third kappa shape index (κ3) is 1.55. The molecule has 0 aliphatic carbocycles. The molecule has 2 heterocycles. The Kier molecular flexibility index (Phi) is 2.47. The Hall–Kier alpha value is -2.88. The van der Waals surface area contributed by atoms with Crippen molar-refractivity contribution < 1.29 is 4.39 Å². The number of benzene rings is 1. The lowest BCUT2D eigenvalue weighted by Gasteiger charge is -2.08. The molecule has 0 unspecified atom stereocenters. The summed E-state index contributed by atoms with van der Waals surface area (Å²) in [4.78, 5) is 4.22. The number of aromatic nitrogens is 4. The van der Waals surface area contributed by atoms with Crippen LogP contribution in [0.2, 0.25) is 0 Å². The van der Waals surface area contributed by atoms with E-state index in [9.17, 15) is 4.39 Å². The van der Waals surface area contributed by atoms with Crippen molar-refractivity contribution in [3.05, 3.63) is 35.3 Å². The predicted molar refractivity (Wildman–Crippen MR) is 71.7 cm³/mol. The molecule has 2 N–H and O–H groups in total. The second-order valence-electron chi connectivity index (χ2n) is 4.46. The largest absolute Gasteiger partial charge is 0.369 e. The number of anilines is 1. The number of fused-ring (bicyclic) bond motifs is 1. The first-order valence-corrected chi connectivity index (χ1v) is 5.90. The second kappa shape index (κ2) is 4.06. The molecule has 0 spiro atoms. The molecule has 20 heavy (non-hydrogen) atoms. The molecule has 100 valence electrons. The van der Waals surface area contributed by atoms with Crippen molar-refractivity contribution in [1.29, 1.82) is 5.26 Å². The van der Waals surface area contributed by atoms with Gasteiger partial charge in [0.15, 0.2) is 5.65 Å². The van der Waals surface area contributed by atoms with Crippen molar-refractivity contribution in [2.45, 2.75) is 6.92 Å². The van der Waals surface area contributed by atoms with Gasteiger partial charge < -0.3 is 5.73 Å². The molecule has 0 radical (unpaired) electrons. The van der Waals surface area contributed by atoms with Crippen LogP contribution in [0.5, 0.6) is 0 Å². The number of imidazole rings is 1. The van der Waals surface area contributed by atoms with Gasteiger partial charge in [-0.15, -0.1) is 0 Å². The van der Waals surface area contributed by atoms with Crippen LogP contribution >= 0.6 is 0 Å². The lowest BCUT2D eigenvalue weighted by Crippen LogP contribution is -2.06. The lowest BCUT2D eigenvalue weighted by molar-refractivity contribution is 0.617. The summed E-state index contributed by atoms with van der Waals surface area (Å²) in [5.41, 5.74) is 8.35. The monoisotopic (exact) mass is 270 g/mol. The summed E-state index contributed by atoms with van der Waals surface area (Å²) in [7, 11) is 1.74. The molecule has 6 nitrogen and oxygen atoms in total. The number of aryl methyl sites for hydroxylation is 2. The molecule has 0 saturated heterocycles. The van der Waals surface area contributed by atoms with E-state index in [0.717, 1.165) is 5.69 Å². The molecule has 0 amide bonds. The molecule has 2 aromatic heterocycles. The molecule has 0 atom stereocenters. The topological polar surface area (TPSA) is 85.5 Å². The molecule has 0 aliphatic rings. The molecule has 7 heteroatoms. The van der Waals surface area contributed by atoms with Gasteiger partial charge in [0.1, 0.15) is 11.3 Å². The van der Waals surface area contributed by atoms with Gasteiger partial charge in [-0.25, -0.2) is 14.1 Å². The summed E-state index contributed by atoms with van der Waals surface area (Å²) in [5.74, 6) is -0.353. The van der Waals surface area contributed by atoms with E-state index < -0.39 is 5.82 Å². The number of hydrogen-bond donors (Lipinski definition) is 1. The quantitative estimate of drug-likeness (QED) is 0.728. The van der Waals surface area contributed by atoms with Gasteiger partial charge >= 0.3 is 0 Å². The van der Waals surface area contributed by atoms with Crippen LogP contribution in [0.15, 0.2) is 18.2 Å². The number of halogens is 1. The van der Waals surface area contributed by atoms with Crippen molar-refractivity contribution in [2.24, 2.45) is 7.05 Å². The molecular formula is C13H11FN6. The lowest BCUT2D eigenvalue weighted by atomic mass is 10.2. The maximum absolute atomic E-state index is 14.2. The van der Waals surface area contributed by atoms with Crippen molar-refractivity contribution in [3.8, 4) is 11.8 Å². The van der Waals surface area contributed by atoms with Crippen LogP contribution in [0, 0.1) is 24.1 Å². The molecular weight excluding hydrogens is 259 g/mol. The number of nitrogens with two attached hydrogens (primary N) is 1. The number of nitrogen functional groups attached to an aromatic ring is 1. The van der Waals surface area contributed by atoms with Crippen LogP contribution < -0.4 is 5.73 Å². The molecule has 0 saturated carbocycles. The Morgan fingerprint density at radius 2 is 2.15 bits per heavy atom. The summed E-state index contributed by atoms with van der Waals surface area (Å²) in [6, 6.07) is 6.11. The SMILES string of the molecule is Cc1nn(C)c2c1nc(N)n2-c1ccc(C#N)cc1F. The zero-order valence-corrected chi connectivity index (χ0v) is 10.9. The van der Waals surface area contributed by atoms with Gasteiger partial charge in [0, 0.05) is 7.05 Å². The highest BCUT2D eigenvalue weighted by Gasteiger charge is 2.19. The Bertz CT molecular complexity index is 867. The third-order valence-electron chi connectivity index (χ3n) is 3.15. The van der Waals surface area contributed by atoms with Crippen LogP contribution in [-0.2, 0) is 7.05 Å². The van der Waals surface area contributed by atoms with E-state index in [1.165, 1.54) is 22.8 Å². The third-order valence-corrected chi connectivity index (χ3v) is 3.15. The Balaban J connectivity index is 2.35. The van der Waals surface area contributed by atoms with Gasteiger partial charge in [-0.2, -0.15) is 10.4 Å². The molecule has 1 aromatic carbocycles. The van der Waals surface area contributed by atoms with Crippen LogP contribution in [0.3, 0.4) is 0 Å². The highest BCUT2D eigenvalue weighted by molar-refractivity contribution is 5.80. The summed E-state index contributed by atoms with van der Waals surface area (Å²) >= 11 is 0. The summed E-state index contributed by atoms with van der Waals surface area (Å²) in [6.07, 6.45) is 0. The summed E-state index contributed by atoms with van der Waals surface area (Å²) in [6.45, 7) is 1.81. The first-order valence-electron chi connectivity index (χ1n) is 5.90. The average Bonchev–Trinajstić information content (AvgIpc) is 2.88. The Morgan fingerprint density at radius 1 is 1.40 bits per heavy atom. The van der Waals surface area contributed by atoms with Crippen molar-refractivity contribution in [1.82, 2.24) is 19.3 Å². The minimum atomic E-state index is -0.533. The standard InChI is InChI=1S/C13H11FN6/c1-7-11-12(19(2)18-7)20(13(16)17-11)10-4-3-8(6-15)5-9(10)14/h3-5H,1-2H3,(H2,16,17). The fourth-order valence-corrected chi connectivity index (χ4v) is 2.28. The highest BCUT2D eigenvalue weighted by atomic mass is 19.1. The zero-order chi connectivity index (χ0) is 14.4. The summed E-state index contributed by atoms with van der Waals surface area (Å²) in [5, 5.41) is 13.0. The highest BCUT2D eigenvalue weighted by Crippen LogP contribution is 2.26. The maximum Gasteiger partial charge on any atom is 0.207 e. The minimum Gasteiger partial charge on any atom is -0.369 e. The summed E-state index contributed by atoms with van der Waals surface area (Å²) < 4.78 is 17.3. The number of nitriles is 1. The first kappa shape index (κ1) is 12.2. The van der Waals surface area contributed by atoms with Gasteiger partial charge in [0.2, 0.25) is 5.95 Å². The smallest absolute Gasteiger partial charge is 0.207 e. The van der Waals surface area contributed by atoms with E-state index in [1.807, 2.05) is 13.0 Å². The van der Waals surface area contributed by atoms with Gasteiger partial charge in [-0.3, -0.25) is 4.57 Å². The number of nitrogens with zero attached hydrogens (tertiary/aromatic N) is 5. The van der Waals surface area contributed by atoms with Gasteiger partial charge in [0.05, 0.1) is 23.0 Å². The molecule has 3 aromatic rings.